The first-order valence-corrected chi connectivity index (χ1v) is 12.1. The van der Waals surface area contributed by atoms with E-state index in [0.29, 0.717) is 19.0 Å². The molecule has 2 N–H and O–H groups in total. The number of amides is 1. The fourth-order valence-electron chi connectivity index (χ4n) is 5.39. The van der Waals surface area contributed by atoms with Crippen LogP contribution in [0.3, 0.4) is 0 Å². The van der Waals surface area contributed by atoms with Gasteiger partial charge in [-0.15, -0.1) is 0 Å². The van der Waals surface area contributed by atoms with Gasteiger partial charge in [-0.1, -0.05) is 30.3 Å². The largest absolute Gasteiger partial charge is 0.496 e. The summed E-state index contributed by atoms with van der Waals surface area (Å²) in [6.07, 6.45) is 7.18. The maximum atomic E-state index is 12.4. The molecule has 1 fully saturated rings. The van der Waals surface area contributed by atoms with Crippen LogP contribution in [0.2, 0.25) is 0 Å². The topological polar surface area (TPSA) is 73.5 Å². The Labute approximate surface area is 201 Å². The third kappa shape index (κ3) is 4.58. The van der Waals surface area contributed by atoms with Crippen LogP contribution in [0.15, 0.2) is 55.0 Å². The zero-order chi connectivity index (χ0) is 23.5. The van der Waals surface area contributed by atoms with Crippen LogP contribution < -0.4 is 15.0 Å². The number of aromatic nitrogens is 2. The summed E-state index contributed by atoms with van der Waals surface area (Å²) >= 11 is 0. The second kappa shape index (κ2) is 9.99. The molecule has 2 aliphatic heterocycles. The summed E-state index contributed by atoms with van der Waals surface area (Å²) in [7, 11) is 3.60. The van der Waals surface area contributed by atoms with Crippen molar-refractivity contribution in [1.82, 2.24) is 20.2 Å². The number of methoxy groups -OCH3 is 1. The molecule has 2 unspecified atom stereocenters. The summed E-state index contributed by atoms with van der Waals surface area (Å²) in [5.41, 5.74) is 5.66. The number of hydrogen-bond donors (Lipinski definition) is 2. The van der Waals surface area contributed by atoms with Crippen LogP contribution in [-0.4, -0.2) is 47.5 Å². The summed E-state index contributed by atoms with van der Waals surface area (Å²) in [5, 5.41) is 3.77. The van der Waals surface area contributed by atoms with Gasteiger partial charge in [-0.2, -0.15) is 0 Å². The fourth-order valence-corrected chi connectivity index (χ4v) is 5.39. The van der Waals surface area contributed by atoms with E-state index < -0.39 is 0 Å². The van der Waals surface area contributed by atoms with Crippen molar-refractivity contribution >= 4 is 11.6 Å². The first kappa shape index (κ1) is 22.6. The molecule has 0 spiro atoms. The number of nitrogens with one attached hydrogen (secondary N) is 2. The maximum absolute atomic E-state index is 12.4. The van der Waals surface area contributed by atoms with E-state index >= 15 is 0 Å². The van der Waals surface area contributed by atoms with Gasteiger partial charge in [-0.05, 0) is 49.1 Å². The van der Waals surface area contributed by atoms with Gasteiger partial charge < -0.3 is 19.9 Å². The van der Waals surface area contributed by atoms with Gasteiger partial charge in [-0.3, -0.25) is 9.69 Å². The molecule has 0 aliphatic carbocycles. The zero-order valence-corrected chi connectivity index (χ0v) is 20.0. The Morgan fingerprint density at radius 2 is 2.03 bits per heavy atom. The molecule has 1 saturated heterocycles. The predicted octanol–water partition coefficient (Wildman–Crippen LogP) is 3.82. The third-order valence-corrected chi connectivity index (χ3v) is 7.18. The SMILES string of the molecule is COc1cc2c(cc1CN(Cc1cnc[nH]1)C1CCCNC1c1ccccc1)N(C)C(=O)CC2. The number of H-pyrrole nitrogens is 1. The summed E-state index contributed by atoms with van der Waals surface area (Å²) in [5.74, 6) is 1.05. The van der Waals surface area contributed by atoms with Crippen LogP contribution in [0.1, 0.15) is 47.7 Å². The van der Waals surface area contributed by atoms with Gasteiger partial charge in [0.05, 0.1) is 13.4 Å². The Hall–Kier alpha value is -3.16. The molecule has 0 radical (unpaired) electrons. The van der Waals surface area contributed by atoms with Crippen molar-refractivity contribution in [2.75, 3.05) is 25.6 Å². The molecule has 178 valence electrons. The lowest BCUT2D eigenvalue weighted by atomic mass is 9.90. The van der Waals surface area contributed by atoms with E-state index in [1.807, 2.05) is 13.2 Å². The van der Waals surface area contributed by atoms with Gasteiger partial charge in [-0.25, -0.2) is 4.98 Å². The van der Waals surface area contributed by atoms with Crippen LogP contribution in [0, 0.1) is 0 Å². The standard InChI is InChI=1S/C27H33N5O2/c1-31-24-13-21(25(34-2)14-20(24)10-11-26(31)33)16-32(17-22-15-28-18-30-22)23-9-6-12-29-27(23)19-7-4-3-5-8-19/h3-5,7-8,13-15,18,23,27,29H,6,9-12,16-17H2,1-2H3,(H,28,30). The lowest BCUT2D eigenvalue weighted by Crippen LogP contribution is -2.47. The Balaban J connectivity index is 1.51. The minimum absolute atomic E-state index is 0.165. The van der Waals surface area contributed by atoms with E-state index in [9.17, 15) is 4.79 Å². The maximum Gasteiger partial charge on any atom is 0.227 e. The molecule has 0 bridgehead atoms. The van der Waals surface area contributed by atoms with Gasteiger partial charge in [0.15, 0.2) is 0 Å². The smallest absolute Gasteiger partial charge is 0.227 e. The van der Waals surface area contributed by atoms with E-state index in [4.69, 9.17) is 4.74 Å². The Morgan fingerprint density at radius 1 is 1.18 bits per heavy atom. The minimum atomic E-state index is 0.165. The number of imidazole rings is 1. The highest BCUT2D eigenvalue weighted by Gasteiger charge is 2.32. The number of rotatable bonds is 7. The van der Waals surface area contributed by atoms with Crippen LogP contribution in [0.25, 0.3) is 0 Å². The predicted molar refractivity (Wildman–Crippen MR) is 133 cm³/mol. The fraction of sp³-hybridized carbons (Fsp3) is 0.407. The molecule has 2 atom stereocenters. The van der Waals surface area contributed by atoms with Gasteiger partial charge in [0.1, 0.15) is 5.75 Å². The molecule has 34 heavy (non-hydrogen) atoms. The lowest BCUT2D eigenvalue weighted by molar-refractivity contribution is -0.118. The monoisotopic (exact) mass is 459 g/mol. The molecule has 0 saturated carbocycles. The number of aromatic amines is 1. The summed E-state index contributed by atoms with van der Waals surface area (Å²) < 4.78 is 5.84. The number of benzene rings is 2. The second-order valence-corrected chi connectivity index (χ2v) is 9.28. The molecule has 1 amide bonds. The quantitative estimate of drug-likeness (QED) is 0.562. The number of carbonyl (C=O) groups is 1. The molecular formula is C27H33N5O2. The van der Waals surface area contributed by atoms with E-state index in [1.54, 1.807) is 18.3 Å². The van der Waals surface area contributed by atoms with Gasteiger partial charge in [0.25, 0.3) is 0 Å². The van der Waals surface area contributed by atoms with Gasteiger partial charge in [0, 0.05) is 61.8 Å². The third-order valence-electron chi connectivity index (χ3n) is 7.18. The van der Waals surface area contributed by atoms with Crippen molar-refractivity contribution in [3.8, 4) is 5.75 Å². The summed E-state index contributed by atoms with van der Waals surface area (Å²) in [4.78, 5) is 24.2. The Kier molecular flexibility index (Phi) is 6.65. The number of aryl methyl sites for hydroxylation is 1. The molecule has 3 aromatic rings. The van der Waals surface area contributed by atoms with Crippen molar-refractivity contribution in [1.29, 1.82) is 0 Å². The highest BCUT2D eigenvalue weighted by molar-refractivity contribution is 5.96. The number of piperidine rings is 1. The molecule has 7 nitrogen and oxygen atoms in total. The van der Waals surface area contributed by atoms with E-state index in [2.05, 4.69) is 62.6 Å². The number of nitrogens with zero attached hydrogens (tertiary/aromatic N) is 3. The zero-order valence-electron chi connectivity index (χ0n) is 20.0. The minimum Gasteiger partial charge on any atom is -0.496 e. The molecule has 1 aromatic heterocycles. The van der Waals surface area contributed by atoms with E-state index in [-0.39, 0.29) is 11.9 Å². The van der Waals surface area contributed by atoms with Crippen molar-refractivity contribution < 1.29 is 9.53 Å². The first-order chi connectivity index (χ1) is 16.6. The normalized spacial score (nSPS) is 20.4. The lowest BCUT2D eigenvalue weighted by Gasteiger charge is -2.41. The summed E-state index contributed by atoms with van der Waals surface area (Å²) in [6, 6.07) is 15.5. The van der Waals surface area contributed by atoms with E-state index in [1.165, 1.54) is 11.1 Å². The second-order valence-electron chi connectivity index (χ2n) is 9.28. The Morgan fingerprint density at radius 3 is 2.79 bits per heavy atom. The molecule has 3 heterocycles. The van der Waals surface area contributed by atoms with Crippen LogP contribution in [-0.2, 0) is 24.3 Å². The Bertz CT molecular complexity index is 1120. The van der Waals surface area contributed by atoms with Crippen molar-refractivity contribution in [3.63, 3.8) is 0 Å². The van der Waals surface area contributed by atoms with Crippen LogP contribution in [0.4, 0.5) is 5.69 Å². The average Bonchev–Trinajstić information content (AvgIpc) is 3.39. The van der Waals surface area contributed by atoms with Gasteiger partial charge >= 0.3 is 0 Å². The van der Waals surface area contributed by atoms with E-state index in [0.717, 1.165) is 55.0 Å². The van der Waals surface area contributed by atoms with Crippen LogP contribution in [0.5, 0.6) is 5.75 Å². The molecule has 7 heteroatoms. The first-order valence-electron chi connectivity index (χ1n) is 12.1. The van der Waals surface area contributed by atoms with Crippen LogP contribution >= 0.6 is 0 Å². The molecule has 2 aromatic carbocycles. The van der Waals surface area contributed by atoms with Crippen molar-refractivity contribution in [2.45, 2.75) is 50.9 Å². The molecule has 2 aliphatic rings. The highest BCUT2D eigenvalue weighted by atomic mass is 16.5. The number of carbonyl (C=O) groups excluding carboxylic acids is 1. The number of ether oxygens (including phenoxy) is 1. The van der Waals surface area contributed by atoms with Crippen molar-refractivity contribution in [2.24, 2.45) is 0 Å². The number of anilines is 1. The summed E-state index contributed by atoms with van der Waals surface area (Å²) in [6.45, 7) is 2.49. The average molecular weight is 460 g/mol. The van der Waals surface area contributed by atoms with Gasteiger partial charge in [0.2, 0.25) is 5.91 Å². The highest BCUT2D eigenvalue weighted by Crippen LogP contribution is 2.36. The number of fused-ring (bicyclic) bond motifs is 1. The number of hydrogen-bond acceptors (Lipinski definition) is 5. The van der Waals surface area contributed by atoms with Crippen molar-refractivity contribution in [3.05, 3.63) is 77.4 Å². The molecular weight excluding hydrogens is 426 g/mol. The molecule has 5 rings (SSSR count).